The van der Waals surface area contributed by atoms with Gasteiger partial charge >= 0.3 is 6.03 Å². The van der Waals surface area contributed by atoms with E-state index in [1.807, 2.05) is 66.0 Å². The Hall–Kier alpha value is -2.99. The molecule has 4 rings (SSSR count). The molecular weight excluding hydrogens is 346 g/mol. The van der Waals surface area contributed by atoms with Crippen molar-refractivity contribution in [3.8, 4) is 10.6 Å². The molecule has 0 unspecified atom stereocenters. The number of nitrogens with one attached hydrogen (secondary N) is 1. The summed E-state index contributed by atoms with van der Waals surface area (Å²) in [5.41, 5.74) is 2.77. The molecule has 130 valence electrons. The zero-order chi connectivity index (χ0) is 17.9. The first-order chi connectivity index (χ1) is 12.7. The van der Waals surface area contributed by atoms with Crippen LogP contribution in [0.25, 0.3) is 10.6 Å². The molecule has 1 aliphatic rings. The molecule has 0 bridgehead atoms. The molecule has 1 N–H and O–H groups in total. The second kappa shape index (κ2) is 7.09. The first kappa shape index (κ1) is 16.5. The molecule has 3 aromatic rings. The number of carbonyl (C=O) groups excluding carboxylic acids is 2. The fourth-order valence-corrected chi connectivity index (χ4v) is 3.79. The molecule has 1 saturated heterocycles. The van der Waals surface area contributed by atoms with Crippen LogP contribution in [0.15, 0.2) is 66.0 Å². The SMILES string of the molecule is O=C1N[C@@H](Cc2ccccc2)C(=O)N1Cc1csc(-c2ccccc2)n1. The molecular formula is C20H17N3O2S. The fourth-order valence-electron chi connectivity index (χ4n) is 2.97. The number of hydrogen-bond acceptors (Lipinski definition) is 4. The highest BCUT2D eigenvalue weighted by Crippen LogP contribution is 2.24. The number of hydrogen-bond donors (Lipinski definition) is 1. The first-order valence-electron chi connectivity index (χ1n) is 8.36. The first-order valence-corrected chi connectivity index (χ1v) is 9.24. The Bertz CT molecular complexity index is 924. The van der Waals surface area contributed by atoms with Crippen LogP contribution in [-0.4, -0.2) is 27.9 Å². The van der Waals surface area contributed by atoms with Gasteiger partial charge in [0.25, 0.3) is 5.91 Å². The van der Waals surface area contributed by atoms with Crippen molar-refractivity contribution in [1.82, 2.24) is 15.2 Å². The monoisotopic (exact) mass is 363 g/mol. The van der Waals surface area contributed by atoms with Crippen LogP contribution in [0.1, 0.15) is 11.3 Å². The van der Waals surface area contributed by atoms with Gasteiger partial charge in [-0.05, 0) is 5.56 Å². The summed E-state index contributed by atoms with van der Waals surface area (Å²) in [6, 6.07) is 18.7. The lowest BCUT2D eigenvalue weighted by Crippen LogP contribution is -2.32. The molecule has 26 heavy (non-hydrogen) atoms. The molecule has 0 spiro atoms. The Morgan fingerprint density at radius 1 is 1.00 bits per heavy atom. The van der Waals surface area contributed by atoms with Crippen molar-refractivity contribution in [2.75, 3.05) is 0 Å². The third kappa shape index (κ3) is 3.36. The number of carbonyl (C=O) groups is 2. The van der Waals surface area contributed by atoms with E-state index in [1.54, 1.807) is 0 Å². The minimum absolute atomic E-state index is 0.194. The van der Waals surface area contributed by atoms with Crippen molar-refractivity contribution >= 4 is 23.3 Å². The summed E-state index contributed by atoms with van der Waals surface area (Å²) >= 11 is 1.51. The molecule has 1 fully saturated rings. The molecule has 1 aromatic heterocycles. The Balaban J connectivity index is 1.46. The summed E-state index contributed by atoms with van der Waals surface area (Å²) in [5, 5.41) is 5.55. The van der Waals surface area contributed by atoms with Crippen LogP contribution < -0.4 is 5.32 Å². The van der Waals surface area contributed by atoms with Gasteiger partial charge in [-0.15, -0.1) is 11.3 Å². The molecule has 5 nitrogen and oxygen atoms in total. The van der Waals surface area contributed by atoms with Crippen LogP contribution >= 0.6 is 11.3 Å². The summed E-state index contributed by atoms with van der Waals surface area (Å²) in [7, 11) is 0. The average molecular weight is 363 g/mol. The zero-order valence-corrected chi connectivity index (χ0v) is 14.8. The van der Waals surface area contributed by atoms with Crippen molar-refractivity contribution in [2.24, 2.45) is 0 Å². The van der Waals surface area contributed by atoms with Crippen LogP contribution in [0.3, 0.4) is 0 Å². The maximum atomic E-state index is 12.6. The lowest BCUT2D eigenvalue weighted by Gasteiger charge is -2.11. The number of imide groups is 1. The summed E-state index contributed by atoms with van der Waals surface area (Å²) in [6.07, 6.45) is 0.494. The number of aromatic nitrogens is 1. The highest BCUT2D eigenvalue weighted by molar-refractivity contribution is 7.13. The topological polar surface area (TPSA) is 62.3 Å². The highest BCUT2D eigenvalue weighted by atomic mass is 32.1. The van der Waals surface area contributed by atoms with Gasteiger partial charge in [-0.2, -0.15) is 0 Å². The molecule has 0 saturated carbocycles. The van der Waals surface area contributed by atoms with Gasteiger partial charge in [-0.1, -0.05) is 60.7 Å². The van der Waals surface area contributed by atoms with Gasteiger partial charge in [0, 0.05) is 17.4 Å². The molecule has 6 heteroatoms. The summed E-state index contributed by atoms with van der Waals surface area (Å²) < 4.78 is 0. The quantitative estimate of drug-likeness (QED) is 0.706. The van der Waals surface area contributed by atoms with Crippen LogP contribution in [0, 0.1) is 0 Å². The Labute approximate surface area is 155 Å². The van der Waals surface area contributed by atoms with E-state index in [0.29, 0.717) is 6.42 Å². The van der Waals surface area contributed by atoms with Crippen molar-refractivity contribution in [1.29, 1.82) is 0 Å². The van der Waals surface area contributed by atoms with Gasteiger partial charge < -0.3 is 5.32 Å². The second-order valence-electron chi connectivity index (χ2n) is 6.13. The Kier molecular flexibility index (Phi) is 4.50. The fraction of sp³-hybridized carbons (Fsp3) is 0.150. The standard InChI is InChI=1S/C20H17N3O2S/c24-19-17(11-14-7-3-1-4-8-14)22-20(25)23(19)12-16-13-26-18(21-16)15-9-5-2-6-10-15/h1-10,13,17H,11-12H2,(H,22,25)/t17-/m0/s1. The normalized spacial score (nSPS) is 16.8. The zero-order valence-electron chi connectivity index (χ0n) is 14.0. The number of nitrogens with zero attached hydrogens (tertiary/aromatic N) is 2. The summed E-state index contributed by atoms with van der Waals surface area (Å²) in [5.74, 6) is -0.201. The Morgan fingerprint density at radius 3 is 2.42 bits per heavy atom. The maximum absolute atomic E-state index is 12.6. The lowest BCUT2D eigenvalue weighted by atomic mass is 10.1. The minimum Gasteiger partial charge on any atom is -0.325 e. The number of thiazole rings is 1. The molecule has 1 atom stereocenters. The smallest absolute Gasteiger partial charge is 0.325 e. The van der Waals surface area contributed by atoms with Gasteiger partial charge in [-0.3, -0.25) is 9.69 Å². The molecule has 2 aromatic carbocycles. The van der Waals surface area contributed by atoms with Crippen molar-refractivity contribution in [3.05, 3.63) is 77.3 Å². The van der Waals surface area contributed by atoms with E-state index in [2.05, 4.69) is 10.3 Å². The molecule has 3 amide bonds. The van der Waals surface area contributed by atoms with Crippen molar-refractivity contribution in [3.63, 3.8) is 0 Å². The van der Waals surface area contributed by atoms with Crippen LogP contribution in [0.5, 0.6) is 0 Å². The number of benzene rings is 2. The number of amides is 3. The van der Waals surface area contributed by atoms with Crippen LogP contribution in [-0.2, 0) is 17.8 Å². The minimum atomic E-state index is -0.517. The third-order valence-electron chi connectivity index (χ3n) is 4.28. The van der Waals surface area contributed by atoms with E-state index >= 15 is 0 Å². The van der Waals surface area contributed by atoms with Crippen LogP contribution in [0.2, 0.25) is 0 Å². The number of urea groups is 1. The summed E-state index contributed by atoms with van der Waals surface area (Å²) in [4.78, 5) is 30.7. The van der Waals surface area contributed by atoms with Crippen molar-refractivity contribution in [2.45, 2.75) is 19.0 Å². The predicted molar refractivity (Wildman–Crippen MR) is 101 cm³/mol. The molecule has 0 aliphatic carbocycles. The number of rotatable bonds is 5. The highest BCUT2D eigenvalue weighted by Gasteiger charge is 2.38. The Morgan fingerprint density at radius 2 is 1.69 bits per heavy atom. The van der Waals surface area contributed by atoms with E-state index < -0.39 is 6.04 Å². The van der Waals surface area contributed by atoms with E-state index in [1.165, 1.54) is 16.2 Å². The van der Waals surface area contributed by atoms with E-state index in [9.17, 15) is 9.59 Å². The van der Waals surface area contributed by atoms with Gasteiger partial charge in [-0.25, -0.2) is 9.78 Å². The predicted octanol–water partition coefficient (Wildman–Crippen LogP) is 3.47. The van der Waals surface area contributed by atoms with Gasteiger partial charge in [0.05, 0.1) is 12.2 Å². The molecule has 1 aliphatic heterocycles. The van der Waals surface area contributed by atoms with Crippen LogP contribution in [0.4, 0.5) is 4.79 Å². The molecule has 0 radical (unpaired) electrons. The van der Waals surface area contributed by atoms with Gasteiger partial charge in [0.15, 0.2) is 0 Å². The van der Waals surface area contributed by atoms with E-state index in [4.69, 9.17) is 0 Å². The summed E-state index contributed by atoms with van der Waals surface area (Å²) in [6.45, 7) is 0.194. The van der Waals surface area contributed by atoms with Crippen molar-refractivity contribution < 1.29 is 9.59 Å². The van der Waals surface area contributed by atoms with Gasteiger partial charge in [0.1, 0.15) is 11.0 Å². The average Bonchev–Trinajstić information content (AvgIpc) is 3.24. The van der Waals surface area contributed by atoms with E-state index in [-0.39, 0.29) is 18.5 Å². The van der Waals surface area contributed by atoms with E-state index in [0.717, 1.165) is 21.8 Å². The molecule has 2 heterocycles. The lowest BCUT2D eigenvalue weighted by molar-refractivity contribution is -0.127. The van der Waals surface area contributed by atoms with Gasteiger partial charge in [0.2, 0.25) is 0 Å². The third-order valence-corrected chi connectivity index (χ3v) is 5.22. The second-order valence-corrected chi connectivity index (χ2v) is 6.98. The maximum Gasteiger partial charge on any atom is 0.325 e. The largest absolute Gasteiger partial charge is 0.325 e.